The Balaban J connectivity index is 1.76. The molecule has 2 aromatic rings. The van der Waals surface area contributed by atoms with Crippen molar-refractivity contribution in [1.82, 2.24) is 9.97 Å². The van der Waals surface area contributed by atoms with Gasteiger partial charge in [0.15, 0.2) is 11.6 Å². The summed E-state index contributed by atoms with van der Waals surface area (Å²) in [6, 6.07) is 7.32. The molecule has 0 radical (unpaired) electrons. The molecule has 0 bridgehead atoms. The van der Waals surface area contributed by atoms with Crippen molar-refractivity contribution >= 4 is 34.6 Å². The van der Waals surface area contributed by atoms with Gasteiger partial charge in [-0.25, -0.2) is 9.97 Å². The Kier molecular flexibility index (Phi) is 4.76. The van der Waals surface area contributed by atoms with E-state index in [1.54, 1.807) is 0 Å². The molecule has 1 saturated heterocycles. The summed E-state index contributed by atoms with van der Waals surface area (Å²) in [7, 11) is 0. The first-order chi connectivity index (χ1) is 11.6. The number of aromatic nitrogens is 2. The Labute approximate surface area is 140 Å². The van der Waals surface area contributed by atoms with Gasteiger partial charge in [-0.2, -0.15) is 0 Å². The molecule has 2 heterocycles. The Morgan fingerprint density at radius 2 is 1.83 bits per heavy atom. The van der Waals surface area contributed by atoms with Gasteiger partial charge in [0.05, 0.1) is 13.2 Å². The number of hydrogen-bond acceptors (Lipinski definition) is 7. The summed E-state index contributed by atoms with van der Waals surface area (Å²) in [6.45, 7) is 4.31. The highest BCUT2D eigenvalue weighted by molar-refractivity contribution is 5.89. The minimum absolute atomic E-state index is 0.106. The lowest BCUT2D eigenvalue weighted by atomic mass is 10.2. The maximum atomic E-state index is 11.0. The number of nitrogens with one attached hydrogen (secondary N) is 2. The number of benzene rings is 1. The first-order valence-corrected chi connectivity index (χ1v) is 7.71. The van der Waals surface area contributed by atoms with E-state index in [9.17, 15) is 4.79 Å². The minimum Gasteiger partial charge on any atom is -0.393 e. The Morgan fingerprint density at radius 1 is 1.17 bits per heavy atom. The predicted molar refractivity (Wildman–Crippen MR) is 93.5 cm³/mol. The third-order valence-corrected chi connectivity index (χ3v) is 3.64. The number of carbonyl (C=O) groups is 1. The van der Waals surface area contributed by atoms with Crippen LogP contribution >= 0.6 is 0 Å². The molecule has 126 valence electrons. The highest BCUT2D eigenvalue weighted by Crippen LogP contribution is 2.29. The van der Waals surface area contributed by atoms with Crippen molar-refractivity contribution in [3.05, 3.63) is 30.6 Å². The summed E-state index contributed by atoms with van der Waals surface area (Å²) in [4.78, 5) is 21.7. The fraction of sp³-hybridized carbons (Fsp3) is 0.312. The fourth-order valence-electron chi connectivity index (χ4n) is 2.49. The normalized spacial score (nSPS) is 14.3. The zero-order valence-electron chi connectivity index (χ0n) is 13.5. The average Bonchev–Trinajstić information content (AvgIpc) is 2.59. The van der Waals surface area contributed by atoms with Gasteiger partial charge >= 0.3 is 0 Å². The van der Waals surface area contributed by atoms with Crippen LogP contribution in [0, 0.1) is 0 Å². The molecule has 1 aromatic carbocycles. The average molecular weight is 328 g/mol. The molecule has 1 aliphatic rings. The molecule has 4 N–H and O–H groups in total. The summed E-state index contributed by atoms with van der Waals surface area (Å²) in [5.74, 6) is 1.16. The van der Waals surface area contributed by atoms with Crippen LogP contribution in [0.4, 0.5) is 28.7 Å². The second kappa shape index (κ2) is 7.14. The van der Waals surface area contributed by atoms with Gasteiger partial charge in [-0.15, -0.1) is 0 Å². The number of nitrogens with zero attached hydrogens (tertiary/aromatic N) is 3. The molecular formula is C16H20N6O2. The van der Waals surface area contributed by atoms with Gasteiger partial charge in [0.25, 0.3) is 0 Å². The number of nitrogens with two attached hydrogens (primary N) is 1. The number of carbonyl (C=O) groups excluding carboxylic acids is 1. The van der Waals surface area contributed by atoms with Crippen LogP contribution in [-0.2, 0) is 9.53 Å². The second-order valence-electron chi connectivity index (χ2n) is 5.44. The van der Waals surface area contributed by atoms with Gasteiger partial charge in [-0.1, -0.05) is 0 Å². The van der Waals surface area contributed by atoms with Gasteiger partial charge in [0.2, 0.25) is 5.91 Å². The quantitative estimate of drug-likeness (QED) is 0.782. The van der Waals surface area contributed by atoms with E-state index in [1.165, 1.54) is 13.3 Å². The fourth-order valence-corrected chi connectivity index (χ4v) is 2.49. The van der Waals surface area contributed by atoms with Crippen LogP contribution in [0.1, 0.15) is 6.92 Å². The lowest BCUT2D eigenvalue weighted by Crippen LogP contribution is -2.37. The number of nitrogen functional groups attached to an aromatic ring is 1. The molecule has 1 aliphatic heterocycles. The summed E-state index contributed by atoms with van der Waals surface area (Å²) in [6.07, 6.45) is 1.50. The Morgan fingerprint density at radius 3 is 2.50 bits per heavy atom. The number of ether oxygens (including phenoxy) is 1. The van der Waals surface area contributed by atoms with E-state index in [4.69, 9.17) is 10.5 Å². The number of rotatable bonds is 4. The molecule has 3 rings (SSSR count). The standard InChI is InChI=1S/C16H20N6O2/c1-11(23)20-12-2-4-13(5-3-12)21-15-14(17)16(19-10-18-15)22-6-8-24-9-7-22/h2-5,10H,6-9,17H2,1H3,(H,20,23)(H,18,19,21). The predicted octanol–water partition coefficient (Wildman–Crippen LogP) is 1.60. The molecule has 1 aromatic heterocycles. The van der Waals surface area contributed by atoms with Crippen molar-refractivity contribution in [2.24, 2.45) is 0 Å². The van der Waals surface area contributed by atoms with Crippen LogP contribution in [0.5, 0.6) is 0 Å². The minimum atomic E-state index is -0.106. The van der Waals surface area contributed by atoms with Crippen LogP contribution in [0.3, 0.4) is 0 Å². The molecule has 24 heavy (non-hydrogen) atoms. The zero-order chi connectivity index (χ0) is 16.9. The van der Waals surface area contributed by atoms with Crippen molar-refractivity contribution in [2.75, 3.05) is 47.6 Å². The highest BCUT2D eigenvalue weighted by Gasteiger charge is 2.17. The monoisotopic (exact) mass is 328 g/mol. The van der Waals surface area contributed by atoms with Crippen LogP contribution in [-0.4, -0.2) is 42.2 Å². The molecule has 1 amide bonds. The van der Waals surface area contributed by atoms with Crippen molar-refractivity contribution in [1.29, 1.82) is 0 Å². The third-order valence-electron chi connectivity index (χ3n) is 3.64. The van der Waals surface area contributed by atoms with Crippen molar-refractivity contribution < 1.29 is 9.53 Å². The number of amides is 1. The Bertz CT molecular complexity index is 713. The van der Waals surface area contributed by atoms with E-state index in [2.05, 4.69) is 25.5 Å². The largest absolute Gasteiger partial charge is 0.393 e. The molecule has 8 heteroatoms. The van der Waals surface area contributed by atoms with Gasteiger partial charge in [0.1, 0.15) is 12.0 Å². The van der Waals surface area contributed by atoms with E-state index in [0.29, 0.717) is 30.5 Å². The van der Waals surface area contributed by atoms with E-state index in [0.717, 1.165) is 24.5 Å². The molecule has 1 fully saturated rings. The highest BCUT2D eigenvalue weighted by atomic mass is 16.5. The van der Waals surface area contributed by atoms with Crippen LogP contribution in [0.2, 0.25) is 0 Å². The number of morpholine rings is 1. The van der Waals surface area contributed by atoms with Crippen LogP contribution < -0.4 is 21.3 Å². The third kappa shape index (κ3) is 3.72. The van der Waals surface area contributed by atoms with E-state index >= 15 is 0 Å². The summed E-state index contributed by atoms with van der Waals surface area (Å²) in [5, 5.41) is 5.91. The van der Waals surface area contributed by atoms with Gasteiger partial charge in [-0.05, 0) is 24.3 Å². The van der Waals surface area contributed by atoms with Gasteiger partial charge in [-0.3, -0.25) is 4.79 Å². The second-order valence-corrected chi connectivity index (χ2v) is 5.44. The van der Waals surface area contributed by atoms with Gasteiger partial charge in [0, 0.05) is 31.4 Å². The van der Waals surface area contributed by atoms with Gasteiger partial charge < -0.3 is 26.0 Å². The van der Waals surface area contributed by atoms with Crippen molar-refractivity contribution in [2.45, 2.75) is 6.92 Å². The van der Waals surface area contributed by atoms with Crippen molar-refractivity contribution in [3.8, 4) is 0 Å². The van der Waals surface area contributed by atoms with Crippen molar-refractivity contribution in [3.63, 3.8) is 0 Å². The molecular weight excluding hydrogens is 308 g/mol. The van der Waals surface area contributed by atoms with Crippen LogP contribution in [0.15, 0.2) is 30.6 Å². The molecule has 0 unspecified atom stereocenters. The first-order valence-electron chi connectivity index (χ1n) is 7.71. The molecule has 0 saturated carbocycles. The molecule has 0 spiro atoms. The van der Waals surface area contributed by atoms with E-state index in [-0.39, 0.29) is 5.91 Å². The summed E-state index contributed by atoms with van der Waals surface area (Å²) in [5.41, 5.74) is 8.29. The summed E-state index contributed by atoms with van der Waals surface area (Å²) >= 11 is 0. The Hall–Kier alpha value is -2.87. The smallest absolute Gasteiger partial charge is 0.221 e. The number of anilines is 5. The van der Waals surface area contributed by atoms with E-state index < -0.39 is 0 Å². The van der Waals surface area contributed by atoms with Crippen LogP contribution in [0.25, 0.3) is 0 Å². The van der Waals surface area contributed by atoms with E-state index in [1.807, 2.05) is 24.3 Å². The summed E-state index contributed by atoms with van der Waals surface area (Å²) < 4.78 is 5.35. The topological polar surface area (TPSA) is 105 Å². The first kappa shape index (κ1) is 16.0. The molecule has 0 aliphatic carbocycles. The molecule has 8 nitrogen and oxygen atoms in total. The molecule has 0 atom stereocenters. The number of hydrogen-bond donors (Lipinski definition) is 3. The maximum Gasteiger partial charge on any atom is 0.221 e. The lowest BCUT2D eigenvalue weighted by molar-refractivity contribution is -0.114. The maximum absolute atomic E-state index is 11.0. The zero-order valence-corrected chi connectivity index (χ0v) is 13.5. The lowest BCUT2D eigenvalue weighted by Gasteiger charge is -2.29. The SMILES string of the molecule is CC(=O)Nc1ccc(Nc2ncnc(N3CCOCC3)c2N)cc1.